The Balaban J connectivity index is 1.68. The number of para-hydroxylation sites is 1. The van der Waals surface area contributed by atoms with E-state index < -0.39 is 6.23 Å². The highest BCUT2D eigenvalue weighted by Crippen LogP contribution is 2.44. The number of aromatic nitrogens is 3. The van der Waals surface area contributed by atoms with Gasteiger partial charge in [0.2, 0.25) is 23.8 Å². The molecule has 1 amide bonds. The maximum absolute atomic E-state index is 12.3. The number of benzene rings is 2. The third kappa shape index (κ3) is 3.25. The minimum Gasteiger partial charge on any atom is -0.493 e. The highest BCUT2D eigenvalue weighted by molar-refractivity contribution is 5.84. The molecule has 1 aromatic heterocycles. The molecule has 1 atom stereocenters. The van der Waals surface area contributed by atoms with Gasteiger partial charge in [0, 0.05) is 6.92 Å². The fourth-order valence-electron chi connectivity index (χ4n) is 3.36. The SMILES string of the molecule is COc1ccc(C2OC(Cn3nnc4ccccc43)=NN2C(C)=O)c(OC)c1OC. The van der Waals surface area contributed by atoms with Gasteiger partial charge in [-0.3, -0.25) is 4.79 Å². The summed E-state index contributed by atoms with van der Waals surface area (Å²) in [5.41, 5.74) is 2.18. The van der Waals surface area contributed by atoms with Crippen LogP contribution in [0, 0.1) is 0 Å². The zero-order valence-corrected chi connectivity index (χ0v) is 17.0. The zero-order chi connectivity index (χ0) is 21.3. The van der Waals surface area contributed by atoms with E-state index in [0.717, 1.165) is 11.0 Å². The van der Waals surface area contributed by atoms with E-state index in [9.17, 15) is 4.79 Å². The lowest BCUT2D eigenvalue weighted by atomic mass is 10.1. The molecular weight excluding hydrogens is 390 g/mol. The molecule has 1 aliphatic rings. The largest absolute Gasteiger partial charge is 0.493 e. The van der Waals surface area contributed by atoms with E-state index in [0.29, 0.717) is 28.7 Å². The standard InChI is InChI=1S/C20H21N5O5/c1-12(26)25-20(13-9-10-16(27-2)19(29-4)18(13)28-3)30-17(22-25)11-24-15-8-6-5-7-14(15)21-23-24/h5-10,20H,11H2,1-4H3. The van der Waals surface area contributed by atoms with Crippen molar-refractivity contribution < 1.29 is 23.7 Å². The van der Waals surface area contributed by atoms with E-state index in [4.69, 9.17) is 18.9 Å². The Bertz CT molecular complexity index is 1130. The van der Waals surface area contributed by atoms with Crippen LogP contribution in [-0.4, -0.2) is 53.1 Å². The van der Waals surface area contributed by atoms with E-state index in [-0.39, 0.29) is 12.5 Å². The van der Waals surface area contributed by atoms with Gasteiger partial charge < -0.3 is 18.9 Å². The number of nitrogens with zero attached hydrogens (tertiary/aromatic N) is 5. The van der Waals surface area contributed by atoms with Crippen LogP contribution in [0.1, 0.15) is 18.7 Å². The molecule has 0 radical (unpaired) electrons. The number of carbonyl (C=O) groups excluding carboxylic acids is 1. The molecule has 0 saturated heterocycles. The maximum Gasteiger partial charge on any atom is 0.243 e. The molecule has 156 valence electrons. The summed E-state index contributed by atoms with van der Waals surface area (Å²) in [5, 5.41) is 13.9. The molecule has 0 saturated carbocycles. The molecule has 0 bridgehead atoms. The monoisotopic (exact) mass is 411 g/mol. The summed E-state index contributed by atoms with van der Waals surface area (Å²) in [4.78, 5) is 12.3. The summed E-state index contributed by atoms with van der Waals surface area (Å²) < 4.78 is 24.0. The van der Waals surface area contributed by atoms with Crippen molar-refractivity contribution >= 4 is 22.8 Å². The molecule has 30 heavy (non-hydrogen) atoms. The second-order valence-electron chi connectivity index (χ2n) is 6.49. The van der Waals surface area contributed by atoms with Crippen LogP contribution < -0.4 is 14.2 Å². The molecule has 4 rings (SSSR count). The van der Waals surface area contributed by atoms with E-state index in [1.54, 1.807) is 16.8 Å². The van der Waals surface area contributed by atoms with Crippen molar-refractivity contribution in [3.05, 3.63) is 42.0 Å². The first-order valence-corrected chi connectivity index (χ1v) is 9.18. The van der Waals surface area contributed by atoms with E-state index in [1.165, 1.54) is 33.3 Å². The van der Waals surface area contributed by atoms with Crippen molar-refractivity contribution in [2.24, 2.45) is 5.10 Å². The Morgan fingerprint density at radius 1 is 1.07 bits per heavy atom. The normalized spacial score (nSPS) is 15.7. The van der Waals surface area contributed by atoms with Gasteiger partial charge in [0.15, 0.2) is 11.5 Å². The van der Waals surface area contributed by atoms with Crippen molar-refractivity contribution in [2.75, 3.05) is 21.3 Å². The average molecular weight is 411 g/mol. The van der Waals surface area contributed by atoms with Gasteiger partial charge in [0.25, 0.3) is 0 Å². The highest BCUT2D eigenvalue weighted by atomic mass is 16.5. The van der Waals surface area contributed by atoms with Crippen LogP contribution >= 0.6 is 0 Å². The van der Waals surface area contributed by atoms with Gasteiger partial charge in [0.1, 0.15) is 12.1 Å². The lowest BCUT2D eigenvalue weighted by molar-refractivity contribution is -0.135. The molecule has 1 aliphatic heterocycles. The van der Waals surface area contributed by atoms with E-state index >= 15 is 0 Å². The molecule has 0 spiro atoms. The van der Waals surface area contributed by atoms with Crippen LogP contribution in [0.15, 0.2) is 41.5 Å². The van der Waals surface area contributed by atoms with Gasteiger partial charge >= 0.3 is 0 Å². The van der Waals surface area contributed by atoms with Gasteiger partial charge in [0.05, 0.1) is 32.4 Å². The third-order valence-corrected chi connectivity index (χ3v) is 4.72. The number of hydrogen-bond acceptors (Lipinski definition) is 8. The molecule has 2 heterocycles. The highest BCUT2D eigenvalue weighted by Gasteiger charge is 2.36. The number of carbonyl (C=O) groups is 1. The Hall–Kier alpha value is -3.82. The molecule has 3 aromatic rings. The maximum atomic E-state index is 12.3. The number of fused-ring (bicyclic) bond motifs is 1. The molecule has 1 unspecified atom stereocenters. The Kier molecular flexibility index (Phi) is 5.13. The lowest BCUT2D eigenvalue weighted by Gasteiger charge is -2.23. The van der Waals surface area contributed by atoms with E-state index in [1.807, 2.05) is 24.3 Å². The first-order chi connectivity index (χ1) is 14.6. The second-order valence-corrected chi connectivity index (χ2v) is 6.49. The Labute approximate surface area is 172 Å². The minimum absolute atomic E-state index is 0.219. The van der Waals surface area contributed by atoms with Crippen LogP contribution in [-0.2, 0) is 16.1 Å². The third-order valence-electron chi connectivity index (χ3n) is 4.72. The topological polar surface area (TPSA) is 100 Å². The Morgan fingerprint density at radius 2 is 1.83 bits per heavy atom. The smallest absolute Gasteiger partial charge is 0.243 e. The summed E-state index contributed by atoms with van der Waals surface area (Å²) in [6, 6.07) is 11.0. The zero-order valence-electron chi connectivity index (χ0n) is 17.0. The first-order valence-electron chi connectivity index (χ1n) is 9.18. The number of hydrazone groups is 1. The summed E-state index contributed by atoms with van der Waals surface area (Å²) in [5.74, 6) is 1.34. The van der Waals surface area contributed by atoms with Crippen molar-refractivity contribution in [2.45, 2.75) is 19.7 Å². The molecule has 0 N–H and O–H groups in total. The molecular formula is C20H21N5O5. The summed E-state index contributed by atoms with van der Waals surface area (Å²) >= 11 is 0. The van der Waals surface area contributed by atoms with Crippen molar-refractivity contribution in [3.8, 4) is 17.2 Å². The summed E-state index contributed by atoms with van der Waals surface area (Å²) in [6.45, 7) is 1.64. The molecule has 10 nitrogen and oxygen atoms in total. The molecule has 10 heteroatoms. The van der Waals surface area contributed by atoms with Crippen molar-refractivity contribution in [1.82, 2.24) is 20.0 Å². The van der Waals surface area contributed by atoms with Crippen molar-refractivity contribution in [1.29, 1.82) is 0 Å². The van der Waals surface area contributed by atoms with Crippen LogP contribution in [0.4, 0.5) is 0 Å². The molecule has 0 aliphatic carbocycles. The fraction of sp³-hybridized carbons (Fsp3) is 0.300. The lowest BCUT2D eigenvalue weighted by Crippen LogP contribution is -2.25. The van der Waals surface area contributed by atoms with Crippen molar-refractivity contribution in [3.63, 3.8) is 0 Å². The van der Waals surface area contributed by atoms with Gasteiger partial charge in [-0.05, 0) is 24.3 Å². The summed E-state index contributed by atoms with van der Waals surface area (Å²) in [7, 11) is 4.56. The van der Waals surface area contributed by atoms with Gasteiger partial charge in [-0.15, -0.1) is 10.2 Å². The molecule has 2 aromatic carbocycles. The summed E-state index contributed by atoms with van der Waals surface area (Å²) in [6.07, 6.45) is -0.818. The average Bonchev–Trinajstić information content (AvgIpc) is 3.37. The predicted octanol–water partition coefficient (Wildman–Crippen LogP) is 2.35. The Morgan fingerprint density at radius 3 is 2.53 bits per heavy atom. The molecule has 0 fully saturated rings. The van der Waals surface area contributed by atoms with Gasteiger partial charge in [-0.2, -0.15) is 5.01 Å². The van der Waals surface area contributed by atoms with Crippen LogP contribution in [0.2, 0.25) is 0 Å². The number of amides is 1. The quantitative estimate of drug-likeness (QED) is 0.614. The first kappa shape index (κ1) is 19.5. The second kappa shape index (κ2) is 7.90. The van der Waals surface area contributed by atoms with Crippen LogP contribution in [0.5, 0.6) is 17.2 Å². The number of ether oxygens (including phenoxy) is 4. The predicted molar refractivity (Wildman–Crippen MR) is 107 cm³/mol. The van der Waals surface area contributed by atoms with Gasteiger partial charge in [-0.1, -0.05) is 17.3 Å². The number of methoxy groups -OCH3 is 3. The van der Waals surface area contributed by atoms with E-state index in [2.05, 4.69) is 15.4 Å². The van der Waals surface area contributed by atoms with Gasteiger partial charge in [-0.25, -0.2) is 4.68 Å². The van der Waals surface area contributed by atoms with Crippen LogP contribution in [0.25, 0.3) is 11.0 Å². The fourth-order valence-corrected chi connectivity index (χ4v) is 3.36. The van der Waals surface area contributed by atoms with Crippen LogP contribution in [0.3, 0.4) is 0 Å². The minimum atomic E-state index is -0.818. The number of rotatable bonds is 6. The number of hydrogen-bond donors (Lipinski definition) is 0.